The van der Waals surface area contributed by atoms with Gasteiger partial charge in [-0.15, -0.1) is 11.3 Å². The van der Waals surface area contributed by atoms with Crippen LogP contribution in [0.2, 0.25) is 0 Å². The molecule has 1 rings (SSSR count). The summed E-state index contributed by atoms with van der Waals surface area (Å²) in [5.74, 6) is 0.225. The van der Waals surface area contributed by atoms with Gasteiger partial charge in [-0.25, -0.2) is 0 Å². The number of rotatable bonds is 3. The monoisotopic (exact) mass is 180 g/mol. The smallest absolute Gasteiger partial charge is 0.158 e. The molecule has 0 radical (unpaired) electrons. The summed E-state index contributed by atoms with van der Waals surface area (Å²) in [6.45, 7) is 3.75. The molecular weight excluding hydrogens is 168 g/mol. The maximum atomic E-state index is 11.2. The molecule has 0 N–H and O–H groups in total. The average molecular weight is 180 g/mol. The van der Waals surface area contributed by atoms with Crippen molar-refractivity contribution in [1.29, 1.82) is 0 Å². The van der Waals surface area contributed by atoms with Gasteiger partial charge in [0.15, 0.2) is 5.78 Å². The van der Waals surface area contributed by atoms with Gasteiger partial charge in [-0.3, -0.25) is 4.79 Å². The third-order valence-corrected chi connectivity index (χ3v) is 2.48. The van der Waals surface area contributed by atoms with Gasteiger partial charge in [-0.05, 0) is 30.0 Å². The van der Waals surface area contributed by atoms with Crippen molar-refractivity contribution in [1.82, 2.24) is 0 Å². The first kappa shape index (κ1) is 9.20. The van der Waals surface area contributed by atoms with Gasteiger partial charge in [0.25, 0.3) is 0 Å². The Balaban J connectivity index is 2.76. The second-order valence-corrected chi connectivity index (χ2v) is 3.60. The fraction of sp³-hybridized carbons (Fsp3) is 0.300. The third kappa shape index (κ3) is 2.31. The van der Waals surface area contributed by atoms with Gasteiger partial charge >= 0.3 is 0 Å². The quantitative estimate of drug-likeness (QED) is 0.653. The molecule has 0 spiro atoms. The van der Waals surface area contributed by atoms with Crippen molar-refractivity contribution >= 4 is 23.2 Å². The van der Waals surface area contributed by atoms with E-state index < -0.39 is 0 Å². The van der Waals surface area contributed by atoms with Crippen LogP contribution in [0.15, 0.2) is 23.1 Å². The van der Waals surface area contributed by atoms with Crippen molar-refractivity contribution in [2.45, 2.75) is 20.3 Å². The second kappa shape index (κ2) is 4.21. The zero-order chi connectivity index (χ0) is 8.97. The van der Waals surface area contributed by atoms with Crippen LogP contribution in [0.1, 0.15) is 25.1 Å². The Morgan fingerprint density at radius 3 is 2.92 bits per heavy atom. The summed E-state index contributed by atoms with van der Waals surface area (Å²) in [6.07, 6.45) is 2.53. The minimum Gasteiger partial charge on any atom is -0.295 e. The average Bonchev–Trinajstić information content (AvgIpc) is 2.55. The Bertz CT molecular complexity index is 283. The molecular formula is C10H12OS. The normalized spacial score (nSPS) is 11.7. The lowest BCUT2D eigenvalue weighted by Gasteiger charge is -1.94. The Labute approximate surface area is 76.7 Å². The molecule has 12 heavy (non-hydrogen) atoms. The Morgan fingerprint density at radius 2 is 2.42 bits per heavy atom. The molecule has 0 aliphatic carbocycles. The maximum absolute atomic E-state index is 11.2. The van der Waals surface area contributed by atoms with Crippen molar-refractivity contribution in [3.63, 3.8) is 0 Å². The summed E-state index contributed by atoms with van der Waals surface area (Å²) in [6, 6.07) is 4.00. The van der Waals surface area contributed by atoms with E-state index in [2.05, 4.69) is 0 Å². The van der Waals surface area contributed by atoms with Crippen LogP contribution in [0, 0.1) is 0 Å². The van der Waals surface area contributed by atoms with E-state index in [1.807, 2.05) is 37.4 Å². The molecule has 0 atom stereocenters. The van der Waals surface area contributed by atoms with E-state index in [1.165, 1.54) is 0 Å². The molecule has 0 amide bonds. The van der Waals surface area contributed by atoms with Crippen LogP contribution in [0.5, 0.6) is 0 Å². The molecule has 1 nitrogen and oxygen atoms in total. The second-order valence-electron chi connectivity index (χ2n) is 2.62. The van der Waals surface area contributed by atoms with Gasteiger partial charge in [0.2, 0.25) is 0 Å². The topological polar surface area (TPSA) is 17.1 Å². The first-order valence-corrected chi connectivity index (χ1v) is 4.87. The molecule has 1 aromatic heterocycles. The van der Waals surface area contributed by atoms with Gasteiger partial charge in [0, 0.05) is 11.3 Å². The molecule has 1 aromatic rings. The molecule has 0 saturated carbocycles. The molecule has 0 aliphatic rings. The Morgan fingerprint density at radius 1 is 1.67 bits per heavy atom. The lowest BCUT2D eigenvalue weighted by Crippen LogP contribution is -1.95. The highest BCUT2D eigenvalue weighted by Gasteiger charge is 2.00. The van der Waals surface area contributed by atoms with Crippen LogP contribution in [0.3, 0.4) is 0 Å². The zero-order valence-corrected chi connectivity index (χ0v) is 8.15. The third-order valence-electron chi connectivity index (χ3n) is 1.66. The summed E-state index contributed by atoms with van der Waals surface area (Å²) in [4.78, 5) is 12.3. The van der Waals surface area contributed by atoms with Crippen LogP contribution < -0.4 is 0 Å². The van der Waals surface area contributed by atoms with Crippen LogP contribution in [0.25, 0.3) is 6.08 Å². The summed E-state index contributed by atoms with van der Waals surface area (Å²) < 4.78 is 0. The largest absolute Gasteiger partial charge is 0.295 e. The lowest BCUT2D eigenvalue weighted by atomic mass is 10.1. The lowest BCUT2D eigenvalue weighted by molar-refractivity contribution is -0.115. The van der Waals surface area contributed by atoms with E-state index in [1.54, 1.807) is 11.3 Å². The predicted molar refractivity (Wildman–Crippen MR) is 53.3 cm³/mol. The number of carbonyl (C=O) groups excluding carboxylic acids is 1. The van der Waals surface area contributed by atoms with Gasteiger partial charge in [0.1, 0.15) is 0 Å². The highest BCUT2D eigenvalue weighted by molar-refractivity contribution is 7.10. The van der Waals surface area contributed by atoms with Crippen LogP contribution >= 0.6 is 11.3 Å². The number of hydrogen-bond acceptors (Lipinski definition) is 2. The first-order valence-electron chi connectivity index (χ1n) is 3.99. The summed E-state index contributed by atoms with van der Waals surface area (Å²) in [7, 11) is 0. The number of Topliss-reactive ketones (excluding diaryl/α,β-unsaturated/α-hetero) is 1. The number of hydrogen-bond donors (Lipinski definition) is 0. The van der Waals surface area contributed by atoms with Gasteiger partial charge in [0.05, 0.1) is 0 Å². The van der Waals surface area contributed by atoms with Crippen LogP contribution in [-0.4, -0.2) is 5.78 Å². The van der Waals surface area contributed by atoms with Crippen molar-refractivity contribution in [3.05, 3.63) is 28.0 Å². The minimum atomic E-state index is 0.225. The molecule has 0 bridgehead atoms. The molecule has 0 saturated heterocycles. The number of thiophene rings is 1. The number of ketones is 1. The summed E-state index contributed by atoms with van der Waals surface area (Å²) in [5, 5.41) is 2.01. The van der Waals surface area contributed by atoms with E-state index in [9.17, 15) is 4.79 Å². The first-order chi connectivity index (χ1) is 5.74. The molecule has 0 aromatic carbocycles. The molecule has 0 unspecified atom stereocenters. The van der Waals surface area contributed by atoms with E-state index in [-0.39, 0.29) is 5.78 Å². The number of allylic oxidation sites excluding steroid dienone is 1. The molecule has 64 valence electrons. The molecule has 0 fully saturated rings. The Kier molecular flexibility index (Phi) is 3.23. The highest BCUT2D eigenvalue weighted by atomic mass is 32.1. The van der Waals surface area contributed by atoms with E-state index >= 15 is 0 Å². The van der Waals surface area contributed by atoms with Crippen molar-refractivity contribution in [2.75, 3.05) is 0 Å². The molecule has 0 aliphatic heterocycles. The fourth-order valence-corrected chi connectivity index (χ4v) is 1.66. The van der Waals surface area contributed by atoms with E-state index in [0.29, 0.717) is 6.42 Å². The summed E-state index contributed by atoms with van der Waals surface area (Å²) in [5.41, 5.74) is 0.847. The highest BCUT2D eigenvalue weighted by Crippen LogP contribution is 2.13. The molecule has 2 heteroatoms. The van der Waals surface area contributed by atoms with Gasteiger partial charge in [-0.2, -0.15) is 0 Å². The zero-order valence-electron chi connectivity index (χ0n) is 7.33. The van der Waals surface area contributed by atoms with Crippen LogP contribution in [0.4, 0.5) is 0 Å². The van der Waals surface area contributed by atoms with Crippen molar-refractivity contribution in [3.8, 4) is 0 Å². The summed E-state index contributed by atoms with van der Waals surface area (Å²) >= 11 is 1.65. The SMILES string of the molecule is CCC(=O)C(C)=Cc1cccs1. The van der Waals surface area contributed by atoms with Crippen molar-refractivity contribution < 1.29 is 4.79 Å². The predicted octanol–water partition coefficient (Wildman–Crippen LogP) is 3.13. The van der Waals surface area contributed by atoms with Crippen LogP contribution in [-0.2, 0) is 4.79 Å². The molecule has 1 heterocycles. The standard InChI is InChI=1S/C10H12OS/c1-3-10(11)8(2)7-9-5-4-6-12-9/h4-7H,3H2,1-2H3. The fourth-order valence-electron chi connectivity index (χ4n) is 0.946. The number of carbonyl (C=O) groups is 1. The van der Waals surface area contributed by atoms with E-state index in [0.717, 1.165) is 10.5 Å². The minimum absolute atomic E-state index is 0.225. The van der Waals surface area contributed by atoms with Crippen molar-refractivity contribution in [2.24, 2.45) is 0 Å². The Hall–Kier alpha value is -0.890. The van der Waals surface area contributed by atoms with Gasteiger partial charge in [-0.1, -0.05) is 13.0 Å². The van der Waals surface area contributed by atoms with Gasteiger partial charge < -0.3 is 0 Å². The van der Waals surface area contributed by atoms with E-state index in [4.69, 9.17) is 0 Å². The maximum Gasteiger partial charge on any atom is 0.158 e.